The number of hydrogen-bond donors (Lipinski definition) is 1. The van der Waals surface area contributed by atoms with Crippen LogP contribution in [0.5, 0.6) is 0 Å². The van der Waals surface area contributed by atoms with E-state index in [4.69, 9.17) is 11.6 Å². The second-order valence-corrected chi connectivity index (χ2v) is 7.09. The van der Waals surface area contributed by atoms with Gasteiger partial charge in [-0.15, -0.1) is 0 Å². The summed E-state index contributed by atoms with van der Waals surface area (Å²) >= 11 is 5.96. The number of benzene rings is 1. The Balaban J connectivity index is 1.64. The second-order valence-electron chi connectivity index (χ2n) is 6.66. The smallest absolute Gasteiger partial charge is 0.230 e. The fraction of sp³-hybridized carbons (Fsp3) is 0.611. The zero-order valence-corrected chi connectivity index (χ0v) is 13.3. The molecule has 1 N–H and O–H groups in total. The number of rotatable bonds is 4. The van der Waals surface area contributed by atoms with Gasteiger partial charge in [-0.05, 0) is 49.3 Å². The SMILES string of the molecule is O=C(NCC1CCCCC1)C1(c2ccc(Cl)cc2)CCC1. The summed E-state index contributed by atoms with van der Waals surface area (Å²) in [6.45, 7) is 0.855. The van der Waals surface area contributed by atoms with Gasteiger partial charge in [0, 0.05) is 11.6 Å². The van der Waals surface area contributed by atoms with E-state index in [9.17, 15) is 4.79 Å². The van der Waals surface area contributed by atoms with Gasteiger partial charge in [-0.3, -0.25) is 4.79 Å². The molecule has 0 saturated heterocycles. The zero-order valence-electron chi connectivity index (χ0n) is 12.5. The van der Waals surface area contributed by atoms with Gasteiger partial charge >= 0.3 is 0 Å². The maximum atomic E-state index is 12.7. The monoisotopic (exact) mass is 305 g/mol. The minimum Gasteiger partial charge on any atom is -0.355 e. The molecule has 2 saturated carbocycles. The first-order chi connectivity index (χ1) is 10.2. The third-order valence-electron chi connectivity index (χ3n) is 5.31. The number of amides is 1. The summed E-state index contributed by atoms with van der Waals surface area (Å²) in [7, 11) is 0. The van der Waals surface area contributed by atoms with Crippen molar-refractivity contribution in [2.24, 2.45) is 5.92 Å². The average Bonchev–Trinajstić information content (AvgIpc) is 2.47. The van der Waals surface area contributed by atoms with Crippen molar-refractivity contribution in [2.75, 3.05) is 6.54 Å². The lowest BCUT2D eigenvalue weighted by molar-refractivity contribution is -0.130. The van der Waals surface area contributed by atoms with Gasteiger partial charge in [0.2, 0.25) is 5.91 Å². The number of nitrogens with one attached hydrogen (secondary N) is 1. The van der Waals surface area contributed by atoms with Crippen molar-refractivity contribution in [1.29, 1.82) is 0 Å². The first-order valence-corrected chi connectivity index (χ1v) is 8.63. The standard InChI is InChI=1S/C18H24ClNO/c19-16-9-7-15(8-10-16)18(11-4-12-18)17(21)20-13-14-5-2-1-3-6-14/h7-10,14H,1-6,11-13H2,(H,20,21). The second kappa shape index (κ2) is 6.39. The molecule has 0 heterocycles. The molecule has 1 amide bonds. The summed E-state index contributed by atoms with van der Waals surface area (Å²) < 4.78 is 0. The highest BCUT2D eigenvalue weighted by Crippen LogP contribution is 2.44. The van der Waals surface area contributed by atoms with Gasteiger partial charge in [0.05, 0.1) is 5.41 Å². The molecule has 0 atom stereocenters. The van der Waals surface area contributed by atoms with Crippen LogP contribution in [0.1, 0.15) is 56.9 Å². The Morgan fingerprint density at radius 3 is 2.33 bits per heavy atom. The highest BCUT2D eigenvalue weighted by atomic mass is 35.5. The lowest BCUT2D eigenvalue weighted by Gasteiger charge is -2.41. The first kappa shape index (κ1) is 14.9. The Morgan fingerprint density at radius 1 is 1.10 bits per heavy atom. The van der Waals surface area contributed by atoms with Crippen LogP contribution in [0, 0.1) is 5.92 Å². The average molecular weight is 306 g/mol. The predicted octanol–water partition coefficient (Wildman–Crippen LogP) is 4.46. The predicted molar refractivity (Wildman–Crippen MR) is 86.6 cm³/mol. The van der Waals surface area contributed by atoms with Gasteiger partial charge in [0.15, 0.2) is 0 Å². The fourth-order valence-corrected chi connectivity index (χ4v) is 3.87. The summed E-state index contributed by atoms with van der Waals surface area (Å²) in [4.78, 5) is 12.7. The molecule has 0 radical (unpaired) electrons. The van der Waals surface area contributed by atoms with Crippen LogP contribution in [0.25, 0.3) is 0 Å². The van der Waals surface area contributed by atoms with E-state index in [1.54, 1.807) is 0 Å². The van der Waals surface area contributed by atoms with Crippen molar-refractivity contribution in [1.82, 2.24) is 5.32 Å². The molecule has 2 fully saturated rings. The summed E-state index contributed by atoms with van der Waals surface area (Å²) in [5, 5.41) is 3.97. The lowest BCUT2D eigenvalue weighted by Crippen LogP contribution is -2.50. The molecule has 3 rings (SSSR count). The van der Waals surface area contributed by atoms with Crippen LogP contribution in [0.3, 0.4) is 0 Å². The van der Waals surface area contributed by atoms with Crippen molar-refractivity contribution < 1.29 is 4.79 Å². The topological polar surface area (TPSA) is 29.1 Å². The van der Waals surface area contributed by atoms with Gasteiger partial charge in [-0.1, -0.05) is 49.4 Å². The van der Waals surface area contributed by atoms with Crippen LogP contribution >= 0.6 is 11.6 Å². The lowest BCUT2D eigenvalue weighted by atomic mass is 9.63. The maximum absolute atomic E-state index is 12.7. The minimum atomic E-state index is -0.292. The Kier molecular flexibility index (Phi) is 4.54. The third kappa shape index (κ3) is 3.11. The van der Waals surface area contributed by atoms with Crippen molar-refractivity contribution in [3.05, 3.63) is 34.9 Å². The highest BCUT2D eigenvalue weighted by Gasteiger charge is 2.45. The van der Waals surface area contributed by atoms with Gasteiger partial charge < -0.3 is 5.32 Å². The Morgan fingerprint density at radius 2 is 1.76 bits per heavy atom. The van der Waals surface area contributed by atoms with Crippen molar-refractivity contribution >= 4 is 17.5 Å². The van der Waals surface area contributed by atoms with Crippen LogP contribution in [0.4, 0.5) is 0 Å². The molecule has 3 heteroatoms. The van der Waals surface area contributed by atoms with Crippen molar-refractivity contribution in [2.45, 2.75) is 56.8 Å². The third-order valence-corrected chi connectivity index (χ3v) is 5.57. The number of carbonyl (C=O) groups excluding carboxylic acids is 1. The molecule has 1 aromatic rings. The van der Waals surface area contributed by atoms with Crippen LogP contribution in [0.2, 0.25) is 5.02 Å². The van der Waals surface area contributed by atoms with Crippen LogP contribution in [-0.4, -0.2) is 12.5 Å². The van der Waals surface area contributed by atoms with E-state index in [1.165, 1.54) is 32.1 Å². The Labute approximate surface area is 132 Å². The number of halogens is 1. The molecule has 0 spiro atoms. The van der Waals surface area contributed by atoms with Crippen molar-refractivity contribution in [3.8, 4) is 0 Å². The van der Waals surface area contributed by atoms with E-state index in [2.05, 4.69) is 5.32 Å². The fourth-order valence-electron chi connectivity index (χ4n) is 3.74. The molecule has 0 aliphatic heterocycles. The van der Waals surface area contributed by atoms with E-state index < -0.39 is 0 Å². The van der Waals surface area contributed by atoms with Gasteiger partial charge in [0.1, 0.15) is 0 Å². The highest BCUT2D eigenvalue weighted by molar-refractivity contribution is 6.30. The maximum Gasteiger partial charge on any atom is 0.230 e. The Hall–Kier alpha value is -1.02. The van der Waals surface area contributed by atoms with E-state index in [1.807, 2.05) is 24.3 Å². The van der Waals surface area contributed by atoms with Crippen LogP contribution in [-0.2, 0) is 10.2 Å². The molecular weight excluding hydrogens is 282 g/mol. The molecular formula is C18H24ClNO. The van der Waals surface area contributed by atoms with E-state index in [0.29, 0.717) is 5.92 Å². The summed E-state index contributed by atoms with van der Waals surface area (Å²) in [6, 6.07) is 7.82. The number of carbonyl (C=O) groups is 1. The molecule has 114 valence electrons. The Bertz CT molecular complexity index is 486. The summed E-state index contributed by atoms with van der Waals surface area (Å²) in [6.07, 6.45) is 9.61. The summed E-state index contributed by atoms with van der Waals surface area (Å²) in [5.41, 5.74) is 0.832. The van der Waals surface area contributed by atoms with Gasteiger partial charge in [0.25, 0.3) is 0 Å². The van der Waals surface area contributed by atoms with E-state index in [0.717, 1.165) is 36.4 Å². The van der Waals surface area contributed by atoms with E-state index >= 15 is 0 Å². The van der Waals surface area contributed by atoms with Gasteiger partial charge in [-0.2, -0.15) is 0 Å². The molecule has 0 aromatic heterocycles. The molecule has 1 aromatic carbocycles. The van der Waals surface area contributed by atoms with Gasteiger partial charge in [-0.25, -0.2) is 0 Å². The largest absolute Gasteiger partial charge is 0.355 e. The molecule has 0 bridgehead atoms. The first-order valence-electron chi connectivity index (χ1n) is 8.25. The molecule has 2 aliphatic rings. The van der Waals surface area contributed by atoms with Crippen LogP contribution < -0.4 is 5.32 Å². The number of hydrogen-bond acceptors (Lipinski definition) is 1. The quantitative estimate of drug-likeness (QED) is 0.874. The minimum absolute atomic E-state index is 0.224. The van der Waals surface area contributed by atoms with Crippen LogP contribution in [0.15, 0.2) is 24.3 Å². The van der Waals surface area contributed by atoms with Crippen molar-refractivity contribution in [3.63, 3.8) is 0 Å². The molecule has 2 nitrogen and oxygen atoms in total. The molecule has 0 unspecified atom stereocenters. The normalized spacial score (nSPS) is 21.6. The zero-order chi connectivity index (χ0) is 14.7. The molecule has 2 aliphatic carbocycles. The van der Waals surface area contributed by atoms with E-state index in [-0.39, 0.29) is 11.3 Å². The summed E-state index contributed by atoms with van der Waals surface area (Å²) in [5.74, 6) is 0.909. The molecule has 21 heavy (non-hydrogen) atoms.